The summed E-state index contributed by atoms with van der Waals surface area (Å²) < 4.78 is 11.3. The zero-order valence-corrected chi connectivity index (χ0v) is 15.1. The summed E-state index contributed by atoms with van der Waals surface area (Å²) in [4.78, 5) is 24.9. The van der Waals surface area contributed by atoms with E-state index in [2.05, 4.69) is 5.32 Å². The number of aryl methyl sites for hydroxylation is 1. The second kappa shape index (κ2) is 6.12. The van der Waals surface area contributed by atoms with Crippen LogP contribution in [0.1, 0.15) is 18.4 Å². The van der Waals surface area contributed by atoms with Crippen molar-refractivity contribution in [3.8, 4) is 11.5 Å². The standard InChI is InChI=1S/C22H21NO4/c1-12-4-2-3-5-17(12)26-15-8-6-14(7-9-15)23-21(24)19-13-10-16-18(11-13)27-22(25)20(16)19/h2-9,13,16,18-20H,10-11H2,1H3,(H,23,24)/t13-,16-,18-,19+,20+/m1/s1. The van der Waals surface area contributed by atoms with Crippen molar-refractivity contribution in [3.05, 3.63) is 54.1 Å². The quantitative estimate of drug-likeness (QED) is 0.836. The maximum absolute atomic E-state index is 12.8. The summed E-state index contributed by atoms with van der Waals surface area (Å²) in [6.45, 7) is 2.00. The van der Waals surface area contributed by atoms with Crippen molar-refractivity contribution < 1.29 is 19.1 Å². The van der Waals surface area contributed by atoms with Gasteiger partial charge in [0.2, 0.25) is 5.91 Å². The first kappa shape index (κ1) is 16.4. The highest BCUT2D eigenvalue weighted by Gasteiger charge is 2.63. The van der Waals surface area contributed by atoms with E-state index in [1.54, 1.807) is 0 Å². The van der Waals surface area contributed by atoms with Crippen molar-refractivity contribution in [1.82, 2.24) is 0 Å². The van der Waals surface area contributed by atoms with Crippen molar-refractivity contribution >= 4 is 17.6 Å². The maximum Gasteiger partial charge on any atom is 0.310 e. The number of amides is 1. The first-order valence-electron chi connectivity index (χ1n) is 9.45. The molecule has 0 radical (unpaired) electrons. The maximum atomic E-state index is 12.8. The van der Waals surface area contributed by atoms with E-state index in [4.69, 9.17) is 9.47 Å². The largest absolute Gasteiger partial charge is 0.462 e. The lowest BCUT2D eigenvalue weighted by molar-refractivity contribution is -0.145. The third kappa shape index (κ3) is 2.69. The smallest absolute Gasteiger partial charge is 0.310 e. The van der Waals surface area contributed by atoms with Gasteiger partial charge in [0.1, 0.15) is 17.6 Å². The Balaban J connectivity index is 1.27. The zero-order valence-electron chi connectivity index (χ0n) is 15.1. The summed E-state index contributed by atoms with van der Waals surface area (Å²) in [7, 11) is 0. The zero-order chi connectivity index (χ0) is 18.5. The lowest BCUT2D eigenvalue weighted by Crippen LogP contribution is -2.35. The molecule has 5 atom stereocenters. The predicted octanol–water partition coefficient (Wildman–Crippen LogP) is 3.92. The molecule has 0 spiro atoms. The molecule has 0 unspecified atom stereocenters. The fourth-order valence-electron chi connectivity index (χ4n) is 4.99. The van der Waals surface area contributed by atoms with Gasteiger partial charge in [0.15, 0.2) is 0 Å². The van der Waals surface area contributed by atoms with Crippen LogP contribution in [0.3, 0.4) is 0 Å². The second-order valence-corrected chi connectivity index (χ2v) is 7.80. The first-order valence-corrected chi connectivity index (χ1v) is 9.45. The van der Waals surface area contributed by atoms with Crippen LogP contribution < -0.4 is 10.1 Å². The van der Waals surface area contributed by atoms with Crippen molar-refractivity contribution in [2.45, 2.75) is 25.9 Å². The fraction of sp³-hybridized carbons (Fsp3) is 0.364. The van der Waals surface area contributed by atoms with Crippen LogP contribution in [-0.4, -0.2) is 18.0 Å². The lowest BCUT2D eigenvalue weighted by Gasteiger charge is -2.23. The van der Waals surface area contributed by atoms with E-state index in [-0.39, 0.29) is 41.7 Å². The molecular weight excluding hydrogens is 342 g/mol. The van der Waals surface area contributed by atoms with Crippen LogP contribution in [0.2, 0.25) is 0 Å². The molecule has 2 aromatic carbocycles. The molecule has 1 aliphatic heterocycles. The molecule has 27 heavy (non-hydrogen) atoms. The van der Waals surface area contributed by atoms with Crippen molar-refractivity contribution in [2.24, 2.45) is 23.7 Å². The summed E-state index contributed by atoms with van der Waals surface area (Å²) in [5.74, 6) is 1.25. The SMILES string of the molecule is Cc1ccccc1Oc1ccc(NC(=O)[C@H]2[C@@H]3C[C@H]4[C@@H]2C(=O)O[C@@H]4C3)cc1. The van der Waals surface area contributed by atoms with Gasteiger partial charge in [-0.15, -0.1) is 0 Å². The Hall–Kier alpha value is -2.82. The van der Waals surface area contributed by atoms with Crippen LogP contribution >= 0.6 is 0 Å². The second-order valence-electron chi connectivity index (χ2n) is 7.80. The predicted molar refractivity (Wildman–Crippen MR) is 99.4 cm³/mol. The molecule has 2 saturated carbocycles. The van der Waals surface area contributed by atoms with Crippen LogP contribution in [0.5, 0.6) is 11.5 Å². The van der Waals surface area contributed by atoms with Crippen LogP contribution in [0, 0.1) is 30.6 Å². The summed E-state index contributed by atoms with van der Waals surface area (Å²) in [6.07, 6.45) is 1.81. The number of ether oxygens (including phenoxy) is 2. The summed E-state index contributed by atoms with van der Waals surface area (Å²) in [5, 5.41) is 2.97. The van der Waals surface area contributed by atoms with Gasteiger partial charge in [0.05, 0.1) is 11.8 Å². The average molecular weight is 363 g/mol. The van der Waals surface area contributed by atoms with Crippen LogP contribution in [0.25, 0.3) is 0 Å². The molecule has 2 aliphatic carbocycles. The number of para-hydroxylation sites is 1. The molecule has 1 amide bonds. The molecule has 1 N–H and O–H groups in total. The normalized spacial score (nSPS) is 30.3. The van der Waals surface area contributed by atoms with Gasteiger partial charge in [0.25, 0.3) is 0 Å². The molecule has 5 nitrogen and oxygen atoms in total. The van der Waals surface area contributed by atoms with Gasteiger partial charge in [-0.05, 0) is 61.6 Å². The van der Waals surface area contributed by atoms with Gasteiger partial charge in [-0.3, -0.25) is 9.59 Å². The monoisotopic (exact) mass is 363 g/mol. The van der Waals surface area contributed by atoms with E-state index in [1.807, 2.05) is 55.5 Å². The number of fused-ring (bicyclic) bond motifs is 1. The number of benzene rings is 2. The van der Waals surface area contributed by atoms with Gasteiger partial charge >= 0.3 is 5.97 Å². The first-order chi connectivity index (χ1) is 13.1. The molecule has 0 aromatic heterocycles. The van der Waals surface area contributed by atoms with Gasteiger partial charge in [0, 0.05) is 11.6 Å². The third-order valence-electron chi connectivity index (χ3n) is 6.23. The number of carbonyl (C=O) groups excluding carboxylic acids is 2. The number of nitrogens with one attached hydrogen (secondary N) is 1. The number of hydrogen-bond acceptors (Lipinski definition) is 4. The molecule has 2 aromatic rings. The van der Waals surface area contributed by atoms with Crippen LogP contribution in [0.4, 0.5) is 5.69 Å². The molecule has 5 rings (SSSR count). The Morgan fingerprint density at radius 3 is 2.67 bits per heavy atom. The average Bonchev–Trinajstić information content (AvgIpc) is 3.27. The molecular formula is C22H21NO4. The molecule has 5 heteroatoms. The Morgan fingerprint density at radius 1 is 1.11 bits per heavy atom. The van der Waals surface area contributed by atoms with E-state index in [9.17, 15) is 9.59 Å². The van der Waals surface area contributed by atoms with Gasteiger partial charge < -0.3 is 14.8 Å². The highest BCUT2D eigenvalue weighted by molar-refractivity contribution is 5.97. The lowest BCUT2D eigenvalue weighted by atomic mass is 9.79. The molecule has 3 fully saturated rings. The van der Waals surface area contributed by atoms with Crippen LogP contribution in [0.15, 0.2) is 48.5 Å². The highest BCUT2D eigenvalue weighted by Crippen LogP contribution is 2.57. The van der Waals surface area contributed by atoms with Crippen LogP contribution in [-0.2, 0) is 14.3 Å². The Morgan fingerprint density at radius 2 is 1.89 bits per heavy atom. The number of hydrogen-bond donors (Lipinski definition) is 1. The summed E-state index contributed by atoms with van der Waals surface area (Å²) in [6, 6.07) is 15.2. The summed E-state index contributed by atoms with van der Waals surface area (Å²) in [5.41, 5.74) is 1.77. The highest BCUT2D eigenvalue weighted by atomic mass is 16.6. The Kier molecular flexibility index (Phi) is 3.71. The van der Waals surface area contributed by atoms with E-state index < -0.39 is 0 Å². The number of esters is 1. The minimum absolute atomic E-state index is 0.0504. The van der Waals surface area contributed by atoms with E-state index >= 15 is 0 Å². The molecule has 2 bridgehead atoms. The number of anilines is 1. The minimum Gasteiger partial charge on any atom is -0.462 e. The summed E-state index contributed by atoms with van der Waals surface area (Å²) >= 11 is 0. The molecule has 138 valence electrons. The molecule has 1 heterocycles. The van der Waals surface area contributed by atoms with Gasteiger partial charge in [-0.25, -0.2) is 0 Å². The van der Waals surface area contributed by atoms with Gasteiger partial charge in [-0.2, -0.15) is 0 Å². The Bertz CT molecular complexity index is 905. The van der Waals surface area contributed by atoms with E-state index in [0.717, 1.165) is 24.2 Å². The molecule has 1 saturated heterocycles. The van der Waals surface area contributed by atoms with Crippen molar-refractivity contribution in [3.63, 3.8) is 0 Å². The molecule has 3 aliphatic rings. The topological polar surface area (TPSA) is 64.6 Å². The van der Waals surface area contributed by atoms with Crippen molar-refractivity contribution in [2.75, 3.05) is 5.32 Å². The minimum atomic E-state index is -0.260. The van der Waals surface area contributed by atoms with E-state index in [1.165, 1.54) is 0 Å². The number of rotatable bonds is 4. The van der Waals surface area contributed by atoms with E-state index in [0.29, 0.717) is 11.4 Å². The number of carbonyl (C=O) groups is 2. The van der Waals surface area contributed by atoms with Crippen molar-refractivity contribution in [1.29, 1.82) is 0 Å². The van der Waals surface area contributed by atoms with Gasteiger partial charge in [-0.1, -0.05) is 18.2 Å². The fourth-order valence-corrected chi connectivity index (χ4v) is 4.99. The Labute approximate surface area is 157 Å². The third-order valence-corrected chi connectivity index (χ3v) is 6.23.